The fraction of sp³-hybridized carbons (Fsp3) is 0.250. The zero-order valence-corrected chi connectivity index (χ0v) is 7.36. The standard InChI is InChI=1S/C8H5F5O2/c1-14-6-3(9)2-4(10)7(5(6)11)15-8(12)13/h2,8H,1H3. The summed E-state index contributed by atoms with van der Waals surface area (Å²) < 4.78 is 69.9. The number of hydrogen-bond acceptors (Lipinski definition) is 2. The van der Waals surface area contributed by atoms with E-state index in [-0.39, 0.29) is 6.07 Å². The van der Waals surface area contributed by atoms with E-state index < -0.39 is 35.6 Å². The van der Waals surface area contributed by atoms with Crippen LogP contribution in [0.2, 0.25) is 0 Å². The first kappa shape index (κ1) is 11.5. The topological polar surface area (TPSA) is 18.5 Å². The Morgan fingerprint density at radius 1 is 1.07 bits per heavy atom. The molecule has 0 N–H and O–H groups in total. The number of hydrogen-bond donors (Lipinski definition) is 0. The molecule has 15 heavy (non-hydrogen) atoms. The quantitative estimate of drug-likeness (QED) is 0.740. The first-order valence-corrected chi connectivity index (χ1v) is 3.63. The highest BCUT2D eigenvalue weighted by Crippen LogP contribution is 2.32. The van der Waals surface area contributed by atoms with Gasteiger partial charge in [-0.1, -0.05) is 0 Å². The molecule has 0 aliphatic heterocycles. The molecule has 0 heterocycles. The Morgan fingerprint density at radius 2 is 1.60 bits per heavy atom. The Kier molecular flexibility index (Phi) is 3.33. The van der Waals surface area contributed by atoms with Crippen molar-refractivity contribution in [3.05, 3.63) is 23.5 Å². The molecule has 0 atom stereocenters. The summed E-state index contributed by atoms with van der Waals surface area (Å²) in [7, 11) is 0.908. The third kappa shape index (κ3) is 2.28. The monoisotopic (exact) mass is 228 g/mol. The van der Waals surface area contributed by atoms with Crippen molar-refractivity contribution in [2.45, 2.75) is 6.61 Å². The molecule has 0 fully saturated rings. The Bertz CT molecular complexity index is 367. The molecule has 0 saturated heterocycles. The summed E-state index contributed by atoms with van der Waals surface area (Å²) >= 11 is 0. The van der Waals surface area contributed by atoms with Gasteiger partial charge in [0.05, 0.1) is 7.11 Å². The summed E-state index contributed by atoms with van der Waals surface area (Å²) in [6.45, 7) is -3.41. The molecule has 7 heteroatoms. The molecule has 0 aliphatic rings. The van der Waals surface area contributed by atoms with Gasteiger partial charge in [-0.3, -0.25) is 0 Å². The second-order valence-electron chi connectivity index (χ2n) is 2.40. The van der Waals surface area contributed by atoms with Gasteiger partial charge >= 0.3 is 6.61 Å². The van der Waals surface area contributed by atoms with Crippen LogP contribution in [0.15, 0.2) is 6.07 Å². The lowest BCUT2D eigenvalue weighted by molar-refractivity contribution is -0.0549. The zero-order valence-electron chi connectivity index (χ0n) is 7.36. The minimum Gasteiger partial charge on any atom is -0.491 e. The van der Waals surface area contributed by atoms with Crippen LogP contribution in [-0.2, 0) is 0 Å². The summed E-state index contributed by atoms with van der Waals surface area (Å²) in [5.41, 5.74) is 0. The fourth-order valence-corrected chi connectivity index (χ4v) is 0.939. The van der Waals surface area contributed by atoms with Crippen molar-refractivity contribution in [3.8, 4) is 11.5 Å². The summed E-state index contributed by atoms with van der Waals surface area (Å²) in [6.07, 6.45) is 0. The van der Waals surface area contributed by atoms with Gasteiger partial charge in [0.1, 0.15) is 0 Å². The Labute approximate surface area is 81.2 Å². The number of ether oxygens (including phenoxy) is 2. The molecule has 2 nitrogen and oxygen atoms in total. The molecule has 0 radical (unpaired) electrons. The predicted molar refractivity (Wildman–Crippen MR) is 39.5 cm³/mol. The van der Waals surface area contributed by atoms with Crippen LogP contribution in [0, 0.1) is 17.5 Å². The third-order valence-electron chi connectivity index (χ3n) is 1.50. The number of methoxy groups -OCH3 is 1. The van der Waals surface area contributed by atoms with E-state index in [9.17, 15) is 22.0 Å². The molecule has 0 amide bonds. The molecule has 0 saturated carbocycles. The summed E-state index contributed by atoms with van der Waals surface area (Å²) in [4.78, 5) is 0. The molecule has 0 bridgehead atoms. The Balaban J connectivity index is 3.26. The molecule has 1 aromatic carbocycles. The van der Waals surface area contributed by atoms with Gasteiger partial charge in [0.15, 0.2) is 17.4 Å². The summed E-state index contributed by atoms with van der Waals surface area (Å²) in [6, 6.07) is 0.194. The average Bonchev–Trinajstić information content (AvgIpc) is 2.12. The largest absolute Gasteiger partial charge is 0.491 e. The minimum atomic E-state index is -3.41. The first-order valence-electron chi connectivity index (χ1n) is 3.63. The van der Waals surface area contributed by atoms with Crippen LogP contribution in [0.25, 0.3) is 0 Å². The highest BCUT2D eigenvalue weighted by Gasteiger charge is 2.23. The Hall–Kier alpha value is -1.53. The van der Waals surface area contributed by atoms with E-state index in [1.807, 2.05) is 0 Å². The van der Waals surface area contributed by atoms with Crippen LogP contribution in [0.1, 0.15) is 0 Å². The molecule has 0 aliphatic carbocycles. The van der Waals surface area contributed by atoms with E-state index in [0.717, 1.165) is 7.11 Å². The van der Waals surface area contributed by atoms with Crippen molar-refractivity contribution in [2.24, 2.45) is 0 Å². The lowest BCUT2D eigenvalue weighted by atomic mass is 10.3. The highest BCUT2D eigenvalue weighted by molar-refractivity contribution is 5.38. The van der Waals surface area contributed by atoms with Gasteiger partial charge in [-0.15, -0.1) is 0 Å². The maximum atomic E-state index is 13.1. The van der Waals surface area contributed by atoms with E-state index >= 15 is 0 Å². The van der Waals surface area contributed by atoms with Crippen LogP contribution in [0.3, 0.4) is 0 Å². The van der Waals surface area contributed by atoms with Crippen molar-refractivity contribution >= 4 is 0 Å². The maximum absolute atomic E-state index is 13.1. The molecule has 0 aromatic heterocycles. The molecule has 1 rings (SSSR count). The number of halogens is 5. The van der Waals surface area contributed by atoms with Crippen molar-refractivity contribution in [1.29, 1.82) is 0 Å². The molecule has 0 spiro atoms. The van der Waals surface area contributed by atoms with Gasteiger partial charge in [0.2, 0.25) is 11.6 Å². The summed E-state index contributed by atoms with van der Waals surface area (Å²) in [5.74, 6) is -6.90. The summed E-state index contributed by atoms with van der Waals surface area (Å²) in [5, 5.41) is 0. The highest BCUT2D eigenvalue weighted by atomic mass is 19.3. The normalized spacial score (nSPS) is 10.6. The van der Waals surface area contributed by atoms with Gasteiger partial charge in [-0.05, 0) is 0 Å². The van der Waals surface area contributed by atoms with E-state index in [1.54, 1.807) is 0 Å². The van der Waals surface area contributed by atoms with Gasteiger partial charge < -0.3 is 9.47 Å². The van der Waals surface area contributed by atoms with Gasteiger partial charge in [-0.25, -0.2) is 8.78 Å². The average molecular weight is 228 g/mol. The maximum Gasteiger partial charge on any atom is 0.387 e. The van der Waals surface area contributed by atoms with Crippen LogP contribution < -0.4 is 9.47 Å². The first-order chi connectivity index (χ1) is 6.97. The van der Waals surface area contributed by atoms with Crippen LogP contribution in [-0.4, -0.2) is 13.7 Å². The van der Waals surface area contributed by atoms with Crippen molar-refractivity contribution in [1.82, 2.24) is 0 Å². The lowest BCUT2D eigenvalue weighted by Gasteiger charge is -2.10. The van der Waals surface area contributed by atoms with Crippen LogP contribution >= 0.6 is 0 Å². The number of rotatable bonds is 3. The second-order valence-corrected chi connectivity index (χ2v) is 2.40. The smallest absolute Gasteiger partial charge is 0.387 e. The molecule has 1 aromatic rings. The van der Waals surface area contributed by atoms with Gasteiger partial charge in [0.25, 0.3) is 0 Å². The third-order valence-corrected chi connectivity index (χ3v) is 1.50. The Morgan fingerprint density at radius 3 is 2.07 bits per heavy atom. The second kappa shape index (κ2) is 4.33. The van der Waals surface area contributed by atoms with E-state index in [2.05, 4.69) is 9.47 Å². The van der Waals surface area contributed by atoms with Gasteiger partial charge in [-0.2, -0.15) is 13.2 Å². The van der Waals surface area contributed by atoms with Crippen molar-refractivity contribution in [3.63, 3.8) is 0 Å². The van der Waals surface area contributed by atoms with Gasteiger partial charge in [0, 0.05) is 6.07 Å². The van der Waals surface area contributed by atoms with Crippen LogP contribution in [0.5, 0.6) is 11.5 Å². The van der Waals surface area contributed by atoms with Crippen molar-refractivity contribution < 1.29 is 31.4 Å². The molecular weight excluding hydrogens is 223 g/mol. The SMILES string of the molecule is COc1c(F)cc(F)c(OC(F)F)c1F. The van der Waals surface area contributed by atoms with E-state index in [0.29, 0.717) is 0 Å². The van der Waals surface area contributed by atoms with Crippen molar-refractivity contribution in [2.75, 3.05) is 7.11 Å². The number of alkyl halides is 2. The van der Waals surface area contributed by atoms with E-state index in [4.69, 9.17) is 0 Å². The molecule has 0 unspecified atom stereocenters. The predicted octanol–water partition coefficient (Wildman–Crippen LogP) is 2.71. The van der Waals surface area contributed by atoms with E-state index in [1.165, 1.54) is 0 Å². The van der Waals surface area contributed by atoms with Crippen LogP contribution in [0.4, 0.5) is 22.0 Å². The molecule has 84 valence electrons. The fourth-order valence-electron chi connectivity index (χ4n) is 0.939. The minimum absolute atomic E-state index is 0.194. The number of benzene rings is 1. The zero-order chi connectivity index (χ0) is 11.6. The lowest BCUT2D eigenvalue weighted by Crippen LogP contribution is -2.07. The molecular formula is C8H5F5O2.